The third-order valence-electron chi connectivity index (χ3n) is 3.25. The van der Waals surface area contributed by atoms with Gasteiger partial charge in [0.2, 0.25) is 0 Å². The Balaban J connectivity index is 2.22. The van der Waals surface area contributed by atoms with Crippen molar-refractivity contribution in [3.05, 3.63) is 52.2 Å². The summed E-state index contributed by atoms with van der Waals surface area (Å²) in [6.45, 7) is 1.84. The first-order valence-electron chi connectivity index (χ1n) is 6.28. The molecule has 0 aliphatic rings. The van der Waals surface area contributed by atoms with Crippen molar-refractivity contribution >= 4 is 17.2 Å². The molecule has 1 N–H and O–H groups in total. The summed E-state index contributed by atoms with van der Waals surface area (Å²) in [5, 5.41) is 3.08. The summed E-state index contributed by atoms with van der Waals surface area (Å²) in [6, 6.07) is 5.61. The zero-order valence-electron chi connectivity index (χ0n) is 10.9. The van der Waals surface area contributed by atoms with Crippen molar-refractivity contribution in [2.45, 2.75) is 13.3 Å². The van der Waals surface area contributed by atoms with Gasteiger partial charge in [-0.25, -0.2) is 9.50 Å². The maximum absolute atomic E-state index is 12.4. The second-order valence-electron chi connectivity index (χ2n) is 4.52. The van der Waals surface area contributed by atoms with E-state index in [0.717, 1.165) is 17.0 Å². The lowest BCUT2D eigenvalue weighted by atomic mass is 10.2. The van der Waals surface area contributed by atoms with Gasteiger partial charge in [0, 0.05) is 41.2 Å². The van der Waals surface area contributed by atoms with Gasteiger partial charge in [-0.1, -0.05) is 0 Å². The van der Waals surface area contributed by atoms with Crippen molar-refractivity contribution in [2.75, 3.05) is 5.88 Å². The van der Waals surface area contributed by atoms with E-state index >= 15 is 0 Å². The van der Waals surface area contributed by atoms with Crippen molar-refractivity contribution in [3.8, 4) is 11.3 Å². The highest BCUT2D eigenvalue weighted by molar-refractivity contribution is 6.18. The number of pyridine rings is 1. The highest BCUT2D eigenvalue weighted by Crippen LogP contribution is 2.17. The van der Waals surface area contributed by atoms with Crippen molar-refractivity contribution in [1.29, 1.82) is 0 Å². The van der Waals surface area contributed by atoms with Crippen LogP contribution in [-0.2, 0) is 6.42 Å². The van der Waals surface area contributed by atoms with E-state index in [0.29, 0.717) is 23.5 Å². The summed E-state index contributed by atoms with van der Waals surface area (Å²) in [6.07, 6.45) is 3.94. The number of hydrogen-bond donors (Lipinski definition) is 1. The lowest BCUT2D eigenvalue weighted by Crippen LogP contribution is -2.22. The van der Waals surface area contributed by atoms with Crippen LogP contribution < -0.4 is 5.56 Å². The lowest BCUT2D eigenvalue weighted by molar-refractivity contribution is 0.857. The first-order chi connectivity index (χ1) is 9.70. The molecule has 0 fully saturated rings. The minimum Gasteiger partial charge on any atom is -0.289 e. The van der Waals surface area contributed by atoms with Gasteiger partial charge in [-0.2, -0.15) is 0 Å². The number of nitrogens with zero attached hydrogens (tertiary/aromatic N) is 3. The normalized spacial score (nSPS) is 11.1. The molecule has 0 saturated heterocycles. The van der Waals surface area contributed by atoms with Gasteiger partial charge in [-0.3, -0.25) is 14.9 Å². The Kier molecular flexibility index (Phi) is 3.28. The van der Waals surface area contributed by atoms with Gasteiger partial charge in [0.15, 0.2) is 5.65 Å². The predicted molar refractivity (Wildman–Crippen MR) is 78.2 cm³/mol. The maximum atomic E-state index is 12.4. The van der Waals surface area contributed by atoms with E-state index in [2.05, 4.69) is 15.1 Å². The number of fused-ring (bicyclic) bond motifs is 1. The molecule has 20 heavy (non-hydrogen) atoms. The van der Waals surface area contributed by atoms with Crippen LogP contribution in [0.1, 0.15) is 11.3 Å². The summed E-state index contributed by atoms with van der Waals surface area (Å²) in [5.41, 5.74) is 3.70. The fraction of sp³-hybridized carbons (Fsp3) is 0.214. The number of nitrogens with one attached hydrogen (secondary N) is 1. The van der Waals surface area contributed by atoms with Gasteiger partial charge in [-0.05, 0) is 25.5 Å². The average Bonchev–Trinajstić information content (AvgIpc) is 2.88. The molecule has 6 heteroatoms. The standard InChI is InChI=1S/C14H13ClN4O/c1-9-11(2-5-15)14(20)19-13(17-9)8-12(18-19)10-3-6-16-7-4-10/h3-4,6-8,18H,2,5H2,1H3. The van der Waals surface area contributed by atoms with Crippen molar-refractivity contribution in [3.63, 3.8) is 0 Å². The Morgan fingerprint density at radius 2 is 2.10 bits per heavy atom. The Bertz CT molecular complexity index is 807. The van der Waals surface area contributed by atoms with E-state index in [4.69, 9.17) is 11.6 Å². The smallest absolute Gasteiger partial charge is 0.276 e. The van der Waals surface area contributed by atoms with Gasteiger partial charge in [0.25, 0.3) is 5.56 Å². The van der Waals surface area contributed by atoms with Crippen molar-refractivity contribution < 1.29 is 0 Å². The molecule has 0 atom stereocenters. The Morgan fingerprint density at radius 3 is 2.80 bits per heavy atom. The fourth-order valence-corrected chi connectivity index (χ4v) is 2.42. The number of hydrogen-bond acceptors (Lipinski definition) is 3. The molecular formula is C14H13ClN4O. The molecule has 3 heterocycles. The third-order valence-corrected chi connectivity index (χ3v) is 3.44. The van der Waals surface area contributed by atoms with Crippen LogP contribution >= 0.6 is 11.6 Å². The molecule has 0 unspecified atom stereocenters. The van der Waals surface area contributed by atoms with Gasteiger partial charge in [0.05, 0.1) is 5.69 Å². The topological polar surface area (TPSA) is 63.1 Å². The molecule has 0 saturated carbocycles. The number of halogens is 1. The number of H-pyrrole nitrogens is 1. The zero-order valence-corrected chi connectivity index (χ0v) is 11.7. The van der Waals surface area contributed by atoms with Gasteiger partial charge in [0.1, 0.15) is 0 Å². The molecule has 0 aliphatic heterocycles. The average molecular weight is 289 g/mol. The van der Waals surface area contributed by atoms with Crippen LogP contribution in [0.15, 0.2) is 35.4 Å². The molecule has 102 valence electrons. The maximum Gasteiger partial charge on any atom is 0.276 e. The summed E-state index contributed by atoms with van der Waals surface area (Å²) in [4.78, 5) is 20.8. The zero-order chi connectivity index (χ0) is 14.1. The first kappa shape index (κ1) is 12.9. The number of alkyl halides is 1. The Labute approximate surface area is 120 Å². The molecule has 0 aromatic carbocycles. The van der Waals surface area contributed by atoms with Crippen molar-refractivity contribution in [1.82, 2.24) is 19.6 Å². The van der Waals surface area contributed by atoms with Gasteiger partial charge >= 0.3 is 0 Å². The van der Waals surface area contributed by atoms with Crippen LogP contribution in [0.3, 0.4) is 0 Å². The van der Waals surface area contributed by atoms with Crippen LogP contribution in [0.5, 0.6) is 0 Å². The number of aromatic amines is 1. The van der Waals surface area contributed by atoms with Crippen LogP contribution in [0, 0.1) is 6.92 Å². The van der Waals surface area contributed by atoms with Gasteiger partial charge in [-0.15, -0.1) is 11.6 Å². The molecule has 0 aliphatic carbocycles. The van der Waals surface area contributed by atoms with E-state index in [-0.39, 0.29) is 5.56 Å². The Morgan fingerprint density at radius 1 is 1.35 bits per heavy atom. The first-order valence-corrected chi connectivity index (χ1v) is 6.82. The molecular weight excluding hydrogens is 276 g/mol. The Hall–Kier alpha value is -2.14. The fourth-order valence-electron chi connectivity index (χ4n) is 2.23. The summed E-state index contributed by atoms with van der Waals surface area (Å²) in [7, 11) is 0. The highest BCUT2D eigenvalue weighted by Gasteiger charge is 2.12. The van der Waals surface area contributed by atoms with E-state index in [9.17, 15) is 4.79 Å². The number of rotatable bonds is 3. The molecule has 0 radical (unpaired) electrons. The third kappa shape index (κ3) is 2.10. The van der Waals surface area contributed by atoms with Crippen LogP contribution in [0.25, 0.3) is 16.9 Å². The quantitative estimate of drug-likeness (QED) is 0.751. The van der Waals surface area contributed by atoms with Crippen molar-refractivity contribution in [2.24, 2.45) is 0 Å². The summed E-state index contributed by atoms with van der Waals surface area (Å²) < 4.78 is 1.46. The molecule has 3 aromatic heterocycles. The van der Waals surface area contributed by atoms with E-state index in [1.54, 1.807) is 12.4 Å². The number of aromatic nitrogens is 4. The molecule has 0 spiro atoms. The van der Waals surface area contributed by atoms with E-state index in [1.807, 2.05) is 25.1 Å². The van der Waals surface area contributed by atoms with E-state index < -0.39 is 0 Å². The van der Waals surface area contributed by atoms with Crippen LogP contribution in [0.2, 0.25) is 0 Å². The second-order valence-corrected chi connectivity index (χ2v) is 4.90. The molecule has 3 aromatic rings. The molecule has 3 rings (SSSR count). The lowest BCUT2D eigenvalue weighted by Gasteiger charge is -2.02. The monoisotopic (exact) mass is 288 g/mol. The number of aryl methyl sites for hydroxylation is 1. The summed E-state index contributed by atoms with van der Waals surface area (Å²) in [5.74, 6) is 0.405. The summed E-state index contributed by atoms with van der Waals surface area (Å²) >= 11 is 5.74. The highest BCUT2D eigenvalue weighted by atomic mass is 35.5. The largest absolute Gasteiger partial charge is 0.289 e. The molecule has 0 amide bonds. The molecule has 0 bridgehead atoms. The molecule has 5 nitrogen and oxygen atoms in total. The van der Waals surface area contributed by atoms with Gasteiger partial charge < -0.3 is 0 Å². The van der Waals surface area contributed by atoms with E-state index in [1.165, 1.54) is 4.52 Å². The minimum atomic E-state index is -0.0894. The second kappa shape index (κ2) is 5.09. The SMILES string of the molecule is Cc1nc2cc(-c3ccncc3)[nH]n2c(=O)c1CCCl. The minimum absolute atomic E-state index is 0.0894. The van der Waals surface area contributed by atoms with Crippen LogP contribution in [-0.4, -0.2) is 25.5 Å². The van der Waals surface area contributed by atoms with Crippen LogP contribution in [0.4, 0.5) is 0 Å². The predicted octanol–water partition coefficient (Wildman–Crippen LogP) is 2.17.